The summed E-state index contributed by atoms with van der Waals surface area (Å²) in [7, 11) is -3.05. The number of benzene rings is 3. The molecule has 0 fully saturated rings. The number of fused-ring (bicyclic) bond motifs is 1. The lowest BCUT2D eigenvalue weighted by Gasteiger charge is -2.29. The van der Waals surface area contributed by atoms with E-state index in [2.05, 4.69) is 15.5 Å². The fourth-order valence-corrected chi connectivity index (χ4v) is 6.96. The molecule has 3 aromatic carbocycles. The van der Waals surface area contributed by atoms with Crippen molar-refractivity contribution in [3.05, 3.63) is 113 Å². The number of nitrogens with one attached hydrogen (secondary N) is 3. The summed E-state index contributed by atoms with van der Waals surface area (Å²) in [6, 6.07) is 17.0. The first-order chi connectivity index (χ1) is 24.2. The van der Waals surface area contributed by atoms with Crippen molar-refractivity contribution in [2.75, 3.05) is 12.8 Å². The van der Waals surface area contributed by atoms with Crippen LogP contribution in [-0.4, -0.2) is 83.2 Å². The van der Waals surface area contributed by atoms with Gasteiger partial charge in [0.1, 0.15) is 18.1 Å². The molecule has 0 saturated heterocycles. The number of sulfonamides is 1. The SMILES string of the molecule is Cc1cc(C)cc(C(=O)N(C)[C@H](Cc2ccc(-c3ccno3)cc2)C(=O)N[C@@H](Cc2c[nH]c3ccccc23)C(=O)NS(=O)(=O)CC(N)C(=O)O)c1. The lowest BCUT2D eigenvalue weighted by molar-refractivity contribution is -0.138. The van der Waals surface area contributed by atoms with E-state index in [9.17, 15) is 27.6 Å². The number of carbonyl (C=O) groups is 4. The molecule has 14 nitrogen and oxygen atoms in total. The van der Waals surface area contributed by atoms with Crippen molar-refractivity contribution in [1.82, 2.24) is 25.1 Å². The number of aryl methyl sites for hydroxylation is 2. The minimum absolute atomic E-state index is 0.0305. The van der Waals surface area contributed by atoms with Gasteiger partial charge in [0.05, 0.1) is 11.9 Å². The summed E-state index contributed by atoms with van der Waals surface area (Å²) in [5.41, 5.74) is 10.3. The quantitative estimate of drug-likeness (QED) is 0.113. The van der Waals surface area contributed by atoms with Crippen molar-refractivity contribution >= 4 is 44.6 Å². The minimum atomic E-state index is -4.53. The first kappa shape index (κ1) is 36.5. The van der Waals surface area contributed by atoms with E-state index in [1.54, 1.807) is 54.7 Å². The molecule has 0 aliphatic rings. The number of carboxylic acids is 1. The van der Waals surface area contributed by atoms with E-state index in [4.69, 9.17) is 15.4 Å². The largest absolute Gasteiger partial charge is 0.480 e. The van der Waals surface area contributed by atoms with Gasteiger partial charge in [0.2, 0.25) is 15.9 Å². The predicted molar refractivity (Wildman–Crippen MR) is 189 cm³/mol. The maximum atomic E-state index is 14.3. The van der Waals surface area contributed by atoms with Crippen molar-refractivity contribution in [3.63, 3.8) is 0 Å². The van der Waals surface area contributed by atoms with Crippen molar-refractivity contribution in [2.24, 2.45) is 5.73 Å². The number of likely N-dealkylation sites (N-methyl/N-ethyl adjacent to an activating group) is 1. The second-order valence-electron chi connectivity index (χ2n) is 12.4. The molecule has 0 saturated carbocycles. The Balaban J connectivity index is 1.47. The molecule has 0 aliphatic heterocycles. The van der Waals surface area contributed by atoms with E-state index in [0.29, 0.717) is 22.5 Å². The van der Waals surface area contributed by atoms with E-state index in [0.717, 1.165) is 27.6 Å². The highest BCUT2D eigenvalue weighted by molar-refractivity contribution is 7.90. The fourth-order valence-electron chi connectivity index (χ4n) is 5.81. The highest BCUT2D eigenvalue weighted by atomic mass is 32.2. The molecule has 1 unspecified atom stereocenters. The third kappa shape index (κ3) is 9.06. The van der Waals surface area contributed by atoms with Crippen molar-refractivity contribution in [3.8, 4) is 11.3 Å². The van der Waals surface area contributed by atoms with Gasteiger partial charge in [-0.05, 0) is 43.2 Å². The number of H-pyrrole nitrogens is 1. The molecular weight excluding hydrogens is 676 g/mol. The van der Waals surface area contributed by atoms with Crippen molar-refractivity contribution < 1.29 is 37.2 Å². The number of rotatable bonds is 14. The topological polar surface area (TPSA) is 218 Å². The van der Waals surface area contributed by atoms with Crippen LogP contribution in [0, 0.1) is 13.8 Å². The molecule has 5 aromatic rings. The Bertz CT molecular complexity index is 2140. The average Bonchev–Trinajstić information content (AvgIpc) is 3.76. The molecule has 0 aliphatic carbocycles. The number of carbonyl (C=O) groups excluding carboxylic acids is 3. The van der Waals surface area contributed by atoms with Crippen LogP contribution >= 0.6 is 0 Å². The van der Waals surface area contributed by atoms with Crippen LogP contribution in [0.15, 0.2) is 89.7 Å². The monoisotopic (exact) mass is 714 g/mol. The van der Waals surface area contributed by atoms with Crippen LogP contribution in [0.5, 0.6) is 0 Å². The molecule has 2 aromatic heterocycles. The van der Waals surface area contributed by atoms with Crippen LogP contribution < -0.4 is 15.8 Å². The Kier molecular flexibility index (Phi) is 11.0. The number of para-hydroxylation sites is 1. The van der Waals surface area contributed by atoms with Gasteiger partial charge >= 0.3 is 5.97 Å². The van der Waals surface area contributed by atoms with Gasteiger partial charge in [0.15, 0.2) is 5.76 Å². The maximum absolute atomic E-state index is 14.3. The van der Waals surface area contributed by atoms with Gasteiger partial charge in [-0.1, -0.05) is 64.8 Å². The second kappa shape index (κ2) is 15.4. The Morgan fingerprint density at radius 1 is 0.961 bits per heavy atom. The lowest BCUT2D eigenvalue weighted by Crippen LogP contribution is -2.56. The maximum Gasteiger partial charge on any atom is 0.321 e. The number of hydrogen-bond acceptors (Lipinski definition) is 9. The molecule has 5 rings (SSSR count). The molecule has 3 amide bonds. The molecule has 2 heterocycles. The number of aromatic nitrogens is 2. The van der Waals surface area contributed by atoms with Crippen LogP contribution in [-0.2, 0) is 37.2 Å². The molecule has 0 bridgehead atoms. The number of aliphatic carboxylic acids is 1. The summed E-state index contributed by atoms with van der Waals surface area (Å²) in [6.07, 6.45) is 3.05. The molecule has 3 atom stereocenters. The number of aromatic amines is 1. The lowest BCUT2D eigenvalue weighted by atomic mass is 9.99. The zero-order chi connectivity index (χ0) is 36.9. The molecule has 0 radical (unpaired) electrons. The van der Waals surface area contributed by atoms with Crippen LogP contribution in [0.25, 0.3) is 22.2 Å². The van der Waals surface area contributed by atoms with Gasteiger partial charge in [0.25, 0.3) is 11.8 Å². The zero-order valence-corrected chi connectivity index (χ0v) is 28.9. The van der Waals surface area contributed by atoms with Gasteiger partial charge in [-0.15, -0.1) is 0 Å². The highest BCUT2D eigenvalue weighted by Crippen LogP contribution is 2.22. The summed E-state index contributed by atoms with van der Waals surface area (Å²) in [6.45, 7) is 3.71. The van der Waals surface area contributed by atoms with E-state index in [1.807, 2.05) is 42.8 Å². The standard InChI is InChI=1S/C36H38N6O8S/c1-21-14-22(2)16-25(15-21)35(45)42(3)31(17-23-8-10-24(11-9-23)32-12-13-39-50-32)34(44)40-30(18-26-19-38-29-7-5-4-6-27(26)29)33(43)41-51(48,49)20-28(37)36(46)47/h4-16,19,28,30-31,38H,17-18,20,37H2,1-3H3,(H,40,44)(H,41,43)(H,46,47)/t28?,30-,31+/m0/s1. The van der Waals surface area contributed by atoms with Crippen LogP contribution in [0.4, 0.5) is 0 Å². The highest BCUT2D eigenvalue weighted by Gasteiger charge is 2.34. The van der Waals surface area contributed by atoms with Crippen LogP contribution in [0.3, 0.4) is 0 Å². The normalized spacial score (nSPS) is 13.3. The van der Waals surface area contributed by atoms with E-state index in [1.165, 1.54) is 18.1 Å². The smallest absolute Gasteiger partial charge is 0.321 e. The minimum Gasteiger partial charge on any atom is -0.480 e. The first-order valence-corrected chi connectivity index (χ1v) is 17.6. The van der Waals surface area contributed by atoms with Gasteiger partial charge in [-0.3, -0.25) is 23.9 Å². The van der Waals surface area contributed by atoms with E-state index < -0.39 is 57.6 Å². The number of nitrogens with two attached hydrogens (primary N) is 1. The summed E-state index contributed by atoms with van der Waals surface area (Å²) in [5, 5.41) is 16.3. The van der Waals surface area contributed by atoms with Crippen LogP contribution in [0.2, 0.25) is 0 Å². The third-order valence-corrected chi connectivity index (χ3v) is 9.68. The third-order valence-electron chi connectivity index (χ3n) is 8.37. The summed E-state index contributed by atoms with van der Waals surface area (Å²) < 4.78 is 32.7. The van der Waals surface area contributed by atoms with Gasteiger partial charge in [-0.25, -0.2) is 8.42 Å². The van der Waals surface area contributed by atoms with Gasteiger partial charge < -0.3 is 30.6 Å². The fraction of sp³-hybridized carbons (Fsp3) is 0.250. The Labute approximate surface area is 294 Å². The first-order valence-electron chi connectivity index (χ1n) is 15.9. The van der Waals surface area contributed by atoms with Crippen molar-refractivity contribution in [2.45, 2.75) is 44.8 Å². The number of carboxylic acid groups (broad SMARTS) is 1. The van der Waals surface area contributed by atoms with Gasteiger partial charge in [0, 0.05) is 54.2 Å². The zero-order valence-electron chi connectivity index (χ0n) is 28.1. The van der Waals surface area contributed by atoms with Gasteiger partial charge in [-0.2, -0.15) is 0 Å². The molecule has 6 N–H and O–H groups in total. The number of nitrogens with zero attached hydrogens (tertiary/aromatic N) is 2. The number of amides is 3. The Morgan fingerprint density at radius 2 is 1.65 bits per heavy atom. The van der Waals surface area contributed by atoms with E-state index >= 15 is 0 Å². The summed E-state index contributed by atoms with van der Waals surface area (Å²) in [4.78, 5) is 57.4. The van der Waals surface area contributed by atoms with E-state index in [-0.39, 0.29) is 12.8 Å². The van der Waals surface area contributed by atoms with Crippen LogP contribution in [0.1, 0.15) is 32.6 Å². The summed E-state index contributed by atoms with van der Waals surface area (Å²) in [5.74, 6) is -4.36. The molecule has 0 spiro atoms. The molecular formula is C36H38N6O8S. The summed E-state index contributed by atoms with van der Waals surface area (Å²) >= 11 is 0. The Morgan fingerprint density at radius 3 is 2.29 bits per heavy atom. The Hall–Kier alpha value is -5.80. The average molecular weight is 715 g/mol. The molecule has 15 heteroatoms. The second-order valence-corrected chi connectivity index (χ2v) is 14.2. The number of hydrogen-bond donors (Lipinski definition) is 5. The van der Waals surface area contributed by atoms with Crippen molar-refractivity contribution in [1.29, 1.82) is 0 Å². The molecule has 51 heavy (non-hydrogen) atoms. The molecule has 266 valence electrons. The predicted octanol–water partition coefficient (Wildman–Crippen LogP) is 2.71.